The average molecular weight is 384 g/mol. The molecule has 0 fully saturated rings. The predicted molar refractivity (Wildman–Crippen MR) is 107 cm³/mol. The summed E-state index contributed by atoms with van der Waals surface area (Å²) in [6, 6.07) is 14.5. The van der Waals surface area contributed by atoms with Crippen LogP contribution in [0.15, 0.2) is 48.5 Å². The molecule has 4 aromatic rings. The van der Waals surface area contributed by atoms with Crippen LogP contribution in [0.1, 0.15) is 9.67 Å². The number of nitrogen functional groups attached to an aromatic ring is 1. The van der Waals surface area contributed by atoms with E-state index in [2.05, 4.69) is 10.3 Å². The Morgan fingerprint density at radius 1 is 1.23 bits per heavy atom. The van der Waals surface area contributed by atoms with Crippen molar-refractivity contribution < 1.29 is 9.53 Å². The Hall–Kier alpha value is -2.83. The zero-order valence-electron chi connectivity index (χ0n) is 13.7. The summed E-state index contributed by atoms with van der Waals surface area (Å²) >= 11 is 7.23. The molecule has 0 aliphatic rings. The standard InChI is InChI=1S/C19H14ClN3O2S/c1-25-13-5-6-15-10(7-13)8-14-16(21)17(26-19(14)23-15)18(24)22-12-4-2-3-11(20)9-12/h2-9H,21H2,1H3,(H,22,24). The number of anilines is 2. The number of hydrogen-bond donors (Lipinski definition) is 2. The van der Waals surface area contributed by atoms with Crippen LogP contribution in [0.4, 0.5) is 11.4 Å². The van der Waals surface area contributed by atoms with E-state index in [9.17, 15) is 4.79 Å². The highest BCUT2D eigenvalue weighted by molar-refractivity contribution is 7.21. The maximum atomic E-state index is 12.6. The number of aromatic nitrogens is 1. The van der Waals surface area contributed by atoms with Gasteiger partial charge < -0.3 is 15.8 Å². The summed E-state index contributed by atoms with van der Waals surface area (Å²) in [4.78, 5) is 18.4. The van der Waals surface area contributed by atoms with Crippen LogP contribution in [-0.4, -0.2) is 18.0 Å². The van der Waals surface area contributed by atoms with Gasteiger partial charge in [0.25, 0.3) is 5.91 Å². The van der Waals surface area contributed by atoms with Crippen LogP contribution < -0.4 is 15.8 Å². The normalized spacial score (nSPS) is 11.0. The van der Waals surface area contributed by atoms with Crippen LogP contribution in [0, 0.1) is 0 Å². The van der Waals surface area contributed by atoms with E-state index in [1.807, 2.05) is 24.3 Å². The first-order valence-electron chi connectivity index (χ1n) is 7.79. The number of hydrogen-bond acceptors (Lipinski definition) is 5. The van der Waals surface area contributed by atoms with E-state index < -0.39 is 0 Å². The Balaban J connectivity index is 1.76. The van der Waals surface area contributed by atoms with Crippen molar-refractivity contribution in [2.45, 2.75) is 0 Å². The minimum absolute atomic E-state index is 0.283. The quantitative estimate of drug-likeness (QED) is 0.525. The molecule has 3 N–H and O–H groups in total. The van der Waals surface area contributed by atoms with Gasteiger partial charge in [-0.15, -0.1) is 11.3 Å². The Morgan fingerprint density at radius 3 is 2.85 bits per heavy atom. The number of rotatable bonds is 3. The monoisotopic (exact) mass is 383 g/mol. The molecule has 0 saturated carbocycles. The van der Waals surface area contributed by atoms with Gasteiger partial charge in [-0.2, -0.15) is 0 Å². The van der Waals surface area contributed by atoms with Gasteiger partial charge in [-0.25, -0.2) is 4.98 Å². The third kappa shape index (κ3) is 2.94. The molecule has 0 unspecified atom stereocenters. The average Bonchev–Trinajstić information content (AvgIpc) is 2.95. The zero-order valence-corrected chi connectivity index (χ0v) is 15.3. The van der Waals surface area contributed by atoms with E-state index >= 15 is 0 Å². The lowest BCUT2D eigenvalue weighted by Gasteiger charge is -2.04. The third-order valence-electron chi connectivity index (χ3n) is 4.01. The molecule has 5 nitrogen and oxygen atoms in total. The summed E-state index contributed by atoms with van der Waals surface area (Å²) in [6.45, 7) is 0. The number of carbonyl (C=O) groups is 1. The highest BCUT2D eigenvalue weighted by Gasteiger charge is 2.18. The number of nitrogens with one attached hydrogen (secondary N) is 1. The van der Waals surface area contributed by atoms with Gasteiger partial charge in [0, 0.05) is 21.5 Å². The number of thiophene rings is 1. The summed E-state index contributed by atoms with van der Waals surface area (Å²) in [5.41, 5.74) is 8.09. The maximum Gasteiger partial charge on any atom is 0.267 e. The zero-order chi connectivity index (χ0) is 18.3. The topological polar surface area (TPSA) is 77.2 Å². The van der Waals surface area contributed by atoms with Crippen molar-refractivity contribution in [3.05, 3.63) is 58.4 Å². The molecular weight excluding hydrogens is 370 g/mol. The van der Waals surface area contributed by atoms with Gasteiger partial charge in [-0.1, -0.05) is 17.7 Å². The molecule has 0 spiro atoms. The first-order chi connectivity index (χ1) is 12.5. The van der Waals surface area contributed by atoms with Crippen molar-refractivity contribution in [1.29, 1.82) is 0 Å². The van der Waals surface area contributed by atoms with Crippen LogP contribution in [0.3, 0.4) is 0 Å². The molecule has 0 saturated heterocycles. The smallest absolute Gasteiger partial charge is 0.267 e. The molecule has 0 atom stereocenters. The van der Waals surface area contributed by atoms with Crippen molar-refractivity contribution in [1.82, 2.24) is 4.98 Å². The number of ether oxygens (including phenoxy) is 1. The fourth-order valence-corrected chi connectivity index (χ4v) is 3.90. The van der Waals surface area contributed by atoms with E-state index in [1.54, 1.807) is 31.4 Å². The first kappa shape index (κ1) is 16.6. The fourth-order valence-electron chi connectivity index (χ4n) is 2.73. The Bertz CT molecular complexity index is 1160. The molecule has 130 valence electrons. The molecule has 0 radical (unpaired) electrons. The molecular formula is C19H14ClN3O2S. The second-order valence-electron chi connectivity index (χ2n) is 5.71. The predicted octanol–water partition coefficient (Wildman–Crippen LogP) is 4.95. The molecule has 2 heterocycles. The second-order valence-corrected chi connectivity index (χ2v) is 7.14. The van der Waals surface area contributed by atoms with E-state index in [0.29, 0.717) is 21.3 Å². The highest BCUT2D eigenvalue weighted by Crippen LogP contribution is 2.35. The number of methoxy groups -OCH3 is 1. The highest BCUT2D eigenvalue weighted by atomic mass is 35.5. The molecule has 7 heteroatoms. The lowest BCUT2D eigenvalue weighted by atomic mass is 10.1. The molecule has 2 aromatic carbocycles. The van der Waals surface area contributed by atoms with Gasteiger partial charge in [-0.3, -0.25) is 4.79 Å². The van der Waals surface area contributed by atoms with Gasteiger partial charge in [0.2, 0.25) is 0 Å². The summed E-state index contributed by atoms with van der Waals surface area (Å²) in [7, 11) is 1.62. The van der Waals surface area contributed by atoms with E-state index in [4.69, 9.17) is 22.1 Å². The van der Waals surface area contributed by atoms with Crippen molar-refractivity contribution in [3.8, 4) is 5.75 Å². The van der Waals surface area contributed by atoms with Gasteiger partial charge in [0.05, 0.1) is 18.3 Å². The summed E-state index contributed by atoms with van der Waals surface area (Å²) < 4.78 is 5.25. The molecule has 0 aliphatic carbocycles. The maximum absolute atomic E-state index is 12.6. The van der Waals surface area contributed by atoms with Crippen molar-refractivity contribution >= 4 is 61.3 Å². The van der Waals surface area contributed by atoms with Gasteiger partial charge in [0.15, 0.2) is 0 Å². The molecule has 4 rings (SSSR count). The Labute approximate surface area is 158 Å². The number of amides is 1. The number of fused-ring (bicyclic) bond motifs is 2. The minimum atomic E-state index is -0.283. The minimum Gasteiger partial charge on any atom is -0.497 e. The van der Waals surface area contributed by atoms with Crippen LogP contribution in [0.25, 0.3) is 21.1 Å². The van der Waals surface area contributed by atoms with Crippen LogP contribution >= 0.6 is 22.9 Å². The summed E-state index contributed by atoms with van der Waals surface area (Å²) in [5.74, 6) is 0.459. The number of nitrogens with zero attached hydrogens (tertiary/aromatic N) is 1. The van der Waals surface area contributed by atoms with E-state index in [0.717, 1.165) is 26.9 Å². The molecule has 0 bridgehead atoms. The van der Waals surface area contributed by atoms with Crippen molar-refractivity contribution in [2.75, 3.05) is 18.2 Å². The largest absolute Gasteiger partial charge is 0.497 e. The summed E-state index contributed by atoms with van der Waals surface area (Å²) in [6.07, 6.45) is 0. The lowest BCUT2D eigenvalue weighted by molar-refractivity contribution is 0.103. The van der Waals surface area contributed by atoms with Crippen LogP contribution in [0.5, 0.6) is 5.75 Å². The van der Waals surface area contributed by atoms with Gasteiger partial charge in [-0.05, 0) is 42.5 Å². The Kier molecular flexibility index (Phi) is 4.14. The van der Waals surface area contributed by atoms with Gasteiger partial charge in [0.1, 0.15) is 15.5 Å². The SMILES string of the molecule is COc1ccc2nc3sc(C(=O)Nc4cccc(Cl)c4)c(N)c3cc2c1. The third-order valence-corrected chi connectivity index (χ3v) is 5.36. The lowest BCUT2D eigenvalue weighted by Crippen LogP contribution is -2.11. The van der Waals surface area contributed by atoms with Crippen LogP contribution in [0.2, 0.25) is 5.02 Å². The van der Waals surface area contributed by atoms with E-state index in [-0.39, 0.29) is 5.91 Å². The Morgan fingerprint density at radius 2 is 2.08 bits per heavy atom. The second kappa shape index (κ2) is 6.48. The summed E-state index contributed by atoms with van der Waals surface area (Å²) in [5, 5.41) is 5.03. The van der Waals surface area contributed by atoms with Gasteiger partial charge >= 0.3 is 0 Å². The fraction of sp³-hybridized carbons (Fsp3) is 0.0526. The molecule has 26 heavy (non-hydrogen) atoms. The number of nitrogens with two attached hydrogens (primary N) is 1. The van der Waals surface area contributed by atoms with Crippen molar-refractivity contribution in [3.63, 3.8) is 0 Å². The molecule has 0 aliphatic heterocycles. The van der Waals surface area contributed by atoms with E-state index in [1.165, 1.54) is 11.3 Å². The van der Waals surface area contributed by atoms with Crippen molar-refractivity contribution in [2.24, 2.45) is 0 Å². The first-order valence-corrected chi connectivity index (χ1v) is 8.98. The number of pyridine rings is 1. The molecule has 1 amide bonds. The number of carbonyl (C=O) groups excluding carboxylic acids is 1. The van der Waals surface area contributed by atoms with Crippen LogP contribution in [-0.2, 0) is 0 Å². The molecule has 2 aromatic heterocycles. The number of halogens is 1. The number of benzene rings is 2.